The normalized spacial score (nSPS) is 20.1. The van der Waals surface area contributed by atoms with Crippen molar-refractivity contribution in [1.29, 1.82) is 0 Å². The third kappa shape index (κ3) is 2.45. The van der Waals surface area contributed by atoms with Gasteiger partial charge in [0.05, 0.1) is 24.9 Å². The van der Waals surface area contributed by atoms with E-state index in [4.69, 9.17) is 10.5 Å². The second kappa shape index (κ2) is 5.24. The predicted molar refractivity (Wildman–Crippen MR) is 72.1 cm³/mol. The summed E-state index contributed by atoms with van der Waals surface area (Å²) in [5.74, 6) is 0. The van der Waals surface area contributed by atoms with Crippen LogP contribution in [0.3, 0.4) is 0 Å². The lowest BCUT2D eigenvalue weighted by molar-refractivity contribution is -0.0199. The van der Waals surface area contributed by atoms with Crippen LogP contribution in [0.25, 0.3) is 0 Å². The zero-order valence-corrected chi connectivity index (χ0v) is 12.6. The monoisotopic (exact) mass is 317 g/mol. The molecule has 0 bridgehead atoms. The standard InChI is InChI=1S/C11H20BrN5O/c1-11(2,17-4-6-18-7-5-17)9(13)8-10(12)14-15-16(8)3/h9H,4-7,13H2,1-3H3. The molecule has 18 heavy (non-hydrogen) atoms. The molecule has 2 N–H and O–H groups in total. The summed E-state index contributed by atoms with van der Waals surface area (Å²) >= 11 is 3.42. The first-order valence-electron chi connectivity index (χ1n) is 6.08. The molecule has 0 aliphatic carbocycles. The summed E-state index contributed by atoms with van der Waals surface area (Å²) < 4.78 is 7.85. The number of nitrogens with two attached hydrogens (primary N) is 1. The minimum atomic E-state index is -0.165. The number of morpholine rings is 1. The van der Waals surface area contributed by atoms with Crippen LogP contribution in [0.2, 0.25) is 0 Å². The number of halogens is 1. The van der Waals surface area contributed by atoms with Gasteiger partial charge in [0.15, 0.2) is 4.60 Å². The Morgan fingerprint density at radius 1 is 1.39 bits per heavy atom. The highest BCUT2D eigenvalue weighted by molar-refractivity contribution is 9.10. The van der Waals surface area contributed by atoms with Crippen LogP contribution in [0.1, 0.15) is 25.6 Å². The number of rotatable bonds is 3. The first-order valence-corrected chi connectivity index (χ1v) is 6.87. The molecule has 7 heteroatoms. The van der Waals surface area contributed by atoms with E-state index >= 15 is 0 Å². The zero-order valence-electron chi connectivity index (χ0n) is 11.1. The van der Waals surface area contributed by atoms with Crippen molar-refractivity contribution < 1.29 is 4.74 Å². The number of ether oxygens (including phenoxy) is 1. The summed E-state index contributed by atoms with van der Waals surface area (Å²) in [5.41, 5.74) is 7.19. The Bertz CT molecular complexity index is 394. The minimum absolute atomic E-state index is 0.162. The molecule has 0 radical (unpaired) electrons. The molecule has 1 saturated heterocycles. The van der Waals surface area contributed by atoms with Gasteiger partial charge in [-0.3, -0.25) is 4.90 Å². The quantitative estimate of drug-likeness (QED) is 0.888. The van der Waals surface area contributed by atoms with E-state index in [0.29, 0.717) is 0 Å². The molecule has 0 amide bonds. The van der Waals surface area contributed by atoms with Gasteiger partial charge in [-0.25, -0.2) is 4.68 Å². The van der Waals surface area contributed by atoms with Gasteiger partial charge >= 0.3 is 0 Å². The average molecular weight is 318 g/mol. The smallest absolute Gasteiger partial charge is 0.153 e. The van der Waals surface area contributed by atoms with Crippen molar-refractivity contribution in [3.05, 3.63) is 10.3 Å². The maximum absolute atomic E-state index is 6.44. The van der Waals surface area contributed by atoms with Gasteiger partial charge < -0.3 is 10.5 Å². The van der Waals surface area contributed by atoms with Crippen molar-refractivity contribution in [1.82, 2.24) is 19.9 Å². The predicted octanol–water partition coefficient (Wildman–Crippen LogP) is 0.688. The van der Waals surface area contributed by atoms with Gasteiger partial charge in [0.1, 0.15) is 0 Å². The molecule has 1 aromatic rings. The molecule has 0 spiro atoms. The number of aryl methyl sites for hydroxylation is 1. The molecule has 0 aromatic carbocycles. The van der Waals surface area contributed by atoms with E-state index < -0.39 is 0 Å². The molecule has 2 rings (SSSR count). The lowest BCUT2D eigenvalue weighted by Gasteiger charge is -2.44. The number of hydrogen-bond donors (Lipinski definition) is 1. The van der Waals surface area contributed by atoms with Crippen LogP contribution < -0.4 is 5.73 Å². The van der Waals surface area contributed by atoms with Gasteiger partial charge in [0.25, 0.3) is 0 Å². The fourth-order valence-electron chi connectivity index (χ4n) is 2.34. The first kappa shape index (κ1) is 13.9. The summed E-state index contributed by atoms with van der Waals surface area (Å²) in [4.78, 5) is 2.36. The molecule has 102 valence electrons. The molecule has 6 nitrogen and oxygen atoms in total. The fraction of sp³-hybridized carbons (Fsp3) is 0.818. The molecule has 1 unspecified atom stereocenters. The van der Waals surface area contributed by atoms with Crippen LogP contribution in [0, 0.1) is 0 Å². The second-order valence-electron chi connectivity index (χ2n) is 5.12. The fourth-order valence-corrected chi connectivity index (χ4v) is 2.91. The van der Waals surface area contributed by atoms with Gasteiger partial charge in [0, 0.05) is 25.7 Å². The van der Waals surface area contributed by atoms with Crippen molar-refractivity contribution >= 4 is 15.9 Å². The largest absolute Gasteiger partial charge is 0.379 e. The molecule has 1 aliphatic rings. The molecule has 1 aromatic heterocycles. The molecular formula is C11H20BrN5O. The molecule has 2 heterocycles. The second-order valence-corrected chi connectivity index (χ2v) is 5.87. The summed E-state index contributed by atoms with van der Waals surface area (Å²) in [6.07, 6.45) is 0. The lowest BCUT2D eigenvalue weighted by atomic mass is 9.90. The molecule has 1 aliphatic heterocycles. The number of hydrogen-bond acceptors (Lipinski definition) is 5. The van der Waals surface area contributed by atoms with Crippen molar-refractivity contribution in [3.8, 4) is 0 Å². The van der Waals surface area contributed by atoms with Gasteiger partial charge in [-0.1, -0.05) is 5.21 Å². The van der Waals surface area contributed by atoms with E-state index in [1.54, 1.807) is 4.68 Å². The summed E-state index contributed by atoms with van der Waals surface area (Å²) in [5, 5.41) is 7.99. The molecule has 0 saturated carbocycles. The average Bonchev–Trinajstić information content (AvgIpc) is 2.69. The van der Waals surface area contributed by atoms with E-state index in [2.05, 4.69) is 45.0 Å². The maximum atomic E-state index is 6.44. The first-order chi connectivity index (χ1) is 8.44. The van der Waals surface area contributed by atoms with Crippen LogP contribution in [0.5, 0.6) is 0 Å². The maximum Gasteiger partial charge on any atom is 0.153 e. The van der Waals surface area contributed by atoms with Crippen molar-refractivity contribution in [2.75, 3.05) is 26.3 Å². The summed E-state index contributed by atoms with van der Waals surface area (Å²) in [6.45, 7) is 7.65. The van der Waals surface area contributed by atoms with E-state index in [9.17, 15) is 0 Å². The zero-order chi connectivity index (χ0) is 13.3. The molecular weight excluding hydrogens is 298 g/mol. The Balaban J connectivity index is 2.23. The lowest BCUT2D eigenvalue weighted by Crippen LogP contribution is -2.55. The third-order valence-electron chi connectivity index (χ3n) is 3.71. The Morgan fingerprint density at radius 2 is 2.00 bits per heavy atom. The Hall–Kier alpha value is -0.500. The van der Waals surface area contributed by atoms with Crippen LogP contribution in [0.15, 0.2) is 4.60 Å². The van der Waals surface area contributed by atoms with Crippen LogP contribution in [-0.2, 0) is 11.8 Å². The Kier molecular flexibility index (Phi) is 4.05. The van der Waals surface area contributed by atoms with E-state index in [0.717, 1.165) is 36.6 Å². The van der Waals surface area contributed by atoms with Gasteiger partial charge in [0.2, 0.25) is 0 Å². The van der Waals surface area contributed by atoms with Gasteiger partial charge in [-0.15, -0.1) is 5.10 Å². The molecule has 1 atom stereocenters. The number of aromatic nitrogens is 3. The van der Waals surface area contributed by atoms with E-state index in [-0.39, 0.29) is 11.6 Å². The third-order valence-corrected chi connectivity index (χ3v) is 4.27. The van der Waals surface area contributed by atoms with E-state index in [1.165, 1.54) is 0 Å². The van der Waals surface area contributed by atoms with Gasteiger partial charge in [-0.05, 0) is 29.8 Å². The van der Waals surface area contributed by atoms with E-state index in [1.807, 2.05) is 7.05 Å². The highest BCUT2D eigenvalue weighted by Gasteiger charge is 2.37. The van der Waals surface area contributed by atoms with Crippen LogP contribution in [0.4, 0.5) is 0 Å². The molecule has 1 fully saturated rings. The van der Waals surface area contributed by atoms with Crippen molar-refractivity contribution in [3.63, 3.8) is 0 Å². The van der Waals surface area contributed by atoms with Crippen LogP contribution in [-0.4, -0.2) is 51.7 Å². The minimum Gasteiger partial charge on any atom is -0.379 e. The SMILES string of the molecule is Cn1nnc(Br)c1C(N)C(C)(C)N1CCOCC1. The van der Waals surface area contributed by atoms with Crippen molar-refractivity contribution in [2.24, 2.45) is 12.8 Å². The van der Waals surface area contributed by atoms with Gasteiger partial charge in [-0.2, -0.15) is 0 Å². The Labute approximate surface area is 116 Å². The number of nitrogens with zero attached hydrogens (tertiary/aromatic N) is 4. The summed E-state index contributed by atoms with van der Waals surface area (Å²) in [7, 11) is 1.86. The highest BCUT2D eigenvalue weighted by Crippen LogP contribution is 2.32. The highest BCUT2D eigenvalue weighted by atomic mass is 79.9. The Morgan fingerprint density at radius 3 is 2.50 bits per heavy atom. The van der Waals surface area contributed by atoms with Crippen molar-refractivity contribution in [2.45, 2.75) is 25.4 Å². The topological polar surface area (TPSA) is 69.2 Å². The summed E-state index contributed by atoms with van der Waals surface area (Å²) in [6, 6.07) is -0.162. The van der Waals surface area contributed by atoms with Crippen LogP contribution >= 0.6 is 15.9 Å².